The normalized spacial score (nSPS) is 15.8. The molecule has 0 unspecified atom stereocenters. The Morgan fingerprint density at radius 2 is 1.96 bits per heavy atom. The van der Waals surface area contributed by atoms with Crippen LogP contribution in [-0.2, 0) is 6.61 Å². The van der Waals surface area contributed by atoms with Crippen LogP contribution in [0.2, 0.25) is 0 Å². The summed E-state index contributed by atoms with van der Waals surface area (Å²) in [6.45, 7) is 3.29. The zero-order valence-corrected chi connectivity index (χ0v) is 16.6. The lowest BCUT2D eigenvalue weighted by Crippen LogP contribution is -2.32. The third-order valence-electron chi connectivity index (χ3n) is 4.76. The largest absolute Gasteiger partial charge is 0.486 e. The first-order chi connectivity index (χ1) is 12.6. The van der Waals surface area contributed by atoms with Gasteiger partial charge in [-0.15, -0.1) is 0 Å². The highest BCUT2D eigenvalue weighted by Crippen LogP contribution is 2.19. The molecule has 1 aliphatic heterocycles. The van der Waals surface area contributed by atoms with Gasteiger partial charge in [0.25, 0.3) is 5.91 Å². The number of ether oxygens (including phenoxy) is 1. The average Bonchev–Trinajstić information content (AvgIpc) is 3.12. The van der Waals surface area contributed by atoms with Gasteiger partial charge in [0.1, 0.15) is 18.1 Å². The summed E-state index contributed by atoms with van der Waals surface area (Å²) in [6.07, 6.45) is 3.45. The lowest BCUT2D eigenvalue weighted by molar-refractivity contribution is 0.0917. The van der Waals surface area contributed by atoms with Crippen molar-refractivity contribution in [1.82, 2.24) is 10.2 Å². The van der Waals surface area contributed by atoms with Gasteiger partial charge in [-0.25, -0.2) is 0 Å². The highest BCUT2D eigenvalue weighted by molar-refractivity contribution is 9.10. The number of benzene rings is 1. The minimum atomic E-state index is -0.159. The molecule has 1 aromatic heterocycles. The molecule has 1 saturated heterocycles. The van der Waals surface area contributed by atoms with E-state index in [1.807, 2.05) is 24.3 Å². The number of furan rings is 1. The molecular formula is C20H25BrN2O3. The SMILES string of the molecule is CN1CCC(CCNC(=O)c2ccc(COc3ccc(Br)cc3)o2)CC1. The van der Waals surface area contributed by atoms with E-state index in [1.165, 1.54) is 12.8 Å². The van der Waals surface area contributed by atoms with Gasteiger partial charge in [-0.1, -0.05) is 15.9 Å². The van der Waals surface area contributed by atoms with E-state index in [1.54, 1.807) is 12.1 Å². The first-order valence-corrected chi connectivity index (χ1v) is 9.83. The fourth-order valence-corrected chi connectivity index (χ4v) is 3.35. The van der Waals surface area contributed by atoms with Crippen LogP contribution in [0.15, 0.2) is 45.3 Å². The van der Waals surface area contributed by atoms with Crippen LogP contribution in [-0.4, -0.2) is 37.5 Å². The third-order valence-corrected chi connectivity index (χ3v) is 5.29. The van der Waals surface area contributed by atoms with Gasteiger partial charge in [0, 0.05) is 11.0 Å². The van der Waals surface area contributed by atoms with Gasteiger partial charge in [-0.3, -0.25) is 4.79 Å². The average molecular weight is 421 g/mol. The first kappa shape index (κ1) is 19.0. The smallest absolute Gasteiger partial charge is 0.286 e. The van der Waals surface area contributed by atoms with Crippen LogP contribution in [0.4, 0.5) is 0 Å². The number of amides is 1. The molecule has 1 amide bonds. The number of likely N-dealkylation sites (tertiary alicyclic amines) is 1. The molecule has 6 heteroatoms. The van der Waals surface area contributed by atoms with Crippen LogP contribution in [0.1, 0.15) is 35.6 Å². The van der Waals surface area contributed by atoms with Crippen LogP contribution in [0.25, 0.3) is 0 Å². The van der Waals surface area contributed by atoms with E-state index in [0.717, 1.165) is 29.7 Å². The van der Waals surface area contributed by atoms with Crippen molar-refractivity contribution in [2.75, 3.05) is 26.7 Å². The fraction of sp³-hybridized carbons (Fsp3) is 0.450. The molecule has 0 radical (unpaired) electrons. The molecule has 2 heterocycles. The molecule has 2 aromatic rings. The summed E-state index contributed by atoms with van der Waals surface area (Å²) < 4.78 is 12.3. The number of hydrogen-bond donors (Lipinski definition) is 1. The number of nitrogens with one attached hydrogen (secondary N) is 1. The van der Waals surface area contributed by atoms with Crippen molar-refractivity contribution in [2.24, 2.45) is 5.92 Å². The molecule has 5 nitrogen and oxygen atoms in total. The van der Waals surface area contributed by atoms with E-state index in [4.69, 9.17) is 9.15 Å². The van der Waals surface area contributed by atoms with Crippen molar-refractivity contribution in [3.05, 3.63) is 52.4 Å². The summed E-state index contributed by atoms with van der Waals surface area (Å²) in [6, 6.07) is 11.1. The molecule has 1 fully saturated rings. The molecule has 0 spiro atoms. The second kappa shape index (κ2) is 9.24. The van der Waals surface area contributed by atoms with Crippen LogP contribution < -0.4 is 10.1 Å². The van der Waals surface area contributed by atoms with Crippen LogP contribution >= 0.6 is 15.9 Å². The van der Waals surface area contributed by atoms with Gasteiger partial charge in [0.05, 0.1) is 0 Å². The Hall–Kier alpha value is -1.79. The second-order valence-electron chi connectivity index (χ2n) is 6.80. The molecule has 3 rings (SSSR count). The standard InChI is InChI=1S/C20H25BrN2O3/c1-23-12-9-15(10-13-23)8-11-22-20(24)19-7-6-18(26-19)14-25-17-4-2-16(21)3-5-17/h2-7,15H,8-14H2,1H3,(H,22,24). The predicted molar refractivity (Wildman–Crippen MR) is 104 cm³/mol. The Labute approximate surface area is 162 Å². The molecule has 1 aliphatic rings. The number of nitrogens with zero attached hydrogens (tertiary/aromatic N) is 1. The van der Waals surface area contributed by atoms with E-state index in [2.05, 4.69) is 33.2 Å². The van der Waals surface area contributed by atoms with Crippen molar-refractivity contribution in [1.29, 1.82) is 0 Å². The van der Waals surface area contributed by atoms with Crippen molar-refractivity contribution in [2.45, 2.75) is 25.9 Å². The molecule has 0 atom stereocenters. The van der Waals surface area contributed by atoms with E-state index < -0.39 is 0 Å². The Kier molecular flexibility index (Phi) is 6.74. The van der Waals surface area contributed by atoms with Crippen molar-refractivity contribution in [3.63, 3.8) is 0 Å². The number of piperidine rings is 1. The van der Waals surface area contributed by atoms with E-state index in [-0.39, 0.29) is 5.91 Å². The lowest BCUT2D eigenvalue weighted by atomic mass is 9.94. The quantitative estimate of drug-likeness (QED) is 0.732. The summed E-state index contributed by atoms with van der Waals surface area (Å²) in [5, 5.41) is 2.96. The van der Waals surface area contributed by atoms with Crippen LogP contribution in [0.5, 0.6) is 5.75 Å². The topological polar surface area (TPSA) is 54.7 Å². The fourth-order valence-electron chi connectivity index (χ4n) is 3.09. The minimum absolute atomic E-state index is 0.159. The maximum Gasteiger partial charge on any atom is 0.286 e. The molecule has 0 aliphatic carbocycles. The maximum atomic E-state index is 12.2. The molecule has 140 valence electrons. The lowest BCUT2D eigenvalue weighted by Gasteiger charge is -2.28. The van der Waals surface area contributed by atoms with Crippen molar-refractivity contribution < 1.29 is 13.9 Å². The number of carbonyl (C=O) groups excluding carboxylic acids is 1. The zero-order chi connectivity index (χ0) is 18.4. The highest BCUT2D eigenvalue weighted by Gasteiger charge is 2.17. The Morgan fingerprint density at radius 1 is 1.23 bits per heavy atom. The molecule has 26 heavy (non-hydrogen) atoms. The number of carbonyl (C=O) groups is 1. The zero-order valence-electron chi connectivity index (χ0n) is 15.0. The third kappa shape index (κ3) is 5.61. The van der Waals surface area contributed by atoms with Gasteiger partial charge < -0.3 is 19.4 Å². The summed E-state index contributed by atoms with van der Waals surface area (Å²) in [7, 11) is 2.16. The number of halogens is 1. The van der Waals surface area contributed by atoms with Gasteiger partial charge in [-0.2, -0.15) is 0 Å². The minimum Gasteiger partial charge on any atom is -0.486 e. The molecule has 1 aromatic carbocycles. The van der Waals surface area contributed by atoms with Gasteiger partial charge in [-0.05, 0) is 81.7 Å². The molecule has 1 N–H and O–H groups in total. The van der Waals surface area contributed by atoms with E-state index in [0.29, 0.717) is 30.6 Å². The molecule has 0 bridgehead atoms. The van der Waals surface area contributed by atoms with Crippen LogP contribution in [0.3, 0.4) is 0 Å². The van der Waals surface area contributed by atoms with Gasteiger partial charge >= 0.3 is 0 Å². The summed E-state index contributed by atoms with van der Waals surface area (Å²) in [5.74, 6) is 2.27. The van der Waals surface area contributed by atoms with Crippen molar-refractivity contribution in [3.8, 4) is 5.75 Å². The first-order valence-electron chi connectivity index (χ1n) is 9.04. The number of rotatable bonds is 7. The highest BCUT2D eigenvalue weighted by atomic mass is 79.9. The van der Waals surface area contributed by atoms with Crippen molar-refractivity contribution >= 4 is 21.8 Å². The Bertz CT molecular complexity index is 706. The monoisotopic (exact) mass is 420 g/mol. The molecular weight excluding hydrogens is 396 g/mol. The van der Waals surface area contributed by atoms with Crippen LogP contribution in [0, 0.1) is 5.92 Å². The maximum absolute atomic E-state index is 12.2. The summed E-state index contributed by atoms with van der Waals surface area (Å²) >= 11 is 3.39. The van der Waals surface area contributed by atoms with Gasteiger partial charge in [0.15, 0.2) is 5.76 Å². The second-order valence-corrected chi connectivity index (χ2v) is 7.72. The van der Waals surface area contributed by atoms with Gasteiger partial charge in [0.2, 0.25) is 0 Å². The van der Waals surface area contributed by atoms with E-state index >= 15 is 0 Å². The molecule has 0 saturated carbocycles. The summed E-state index contributed by atoms with van der Waals surface area (Å²) in [4.78, 5) is 14.6. The predicted octanol–water partition coefficient (Wildman–Crippen LogP) is 4.08. The Morgan fingerprint density at radius 3 is 2.69 bits per heavy atom. The van der Waals surface area contributed by atoms with E-state index in [9.17, 15) is 4.79 Å². The Balaban J connectivity index is 1.40. The number of hydrogen-bond acceptors (Lipinski definition) is 4. The summed E-state index contributed by atoms with van der Waals surface area (Å²) in [5.41, 5.74) is 0.